The standard InChI is InChI=1S/C29H38FNO/c1-4-6-8-10-23-15-18-27(29(32-3)28(23)30)26-17-16-24(19-25(26)20-31)22-13-11-21(12-14-22)9-7-5-2/h15-19,21-22H,4-14H2,1-3H3. The van der Waals surface area contributed by atoms with Crippen molar-refractivity contribution in [2.45, 2.75) is 90.4 Å². The van der Waals surface area contributed by atoms with Crippen molar-refractivity contribution >= 4 is 0 Å². The van der Waals surface area contributed by atoms with Gasteiger partial charge in [0.15, 0.2) is 11.6 Å². The van der Waals surface area contributed by atoms with Crippen LogP contribution in [0.4, 0.5) is 4.39 Å². The summed E-state index contributed by atoms with van der Waals surface area (Å²) in [6, 6.07) is 12.3. The molecule has 0 atom stereocenters. The summed E-state index contributed by atoms with van der Waals surface area (Å²) in [5, 5.41) is 9.89. The van der Waals surface area contributed by atoms with E-state index in [1.165, 1.54) is 57.6 Å². The van der Waals surface area contributed by atoms with E-state index in [4.69, 9.17) is 4.74 Å². The molecule has 32 heavy (non-hydrogen) atoms. The smallest absolute Gasteiger partial charge is 0.168 e. The summed E-state index contributed by atoms with van der Waals surface area (Å²) in [6.07, 6.45) is 12.8. The van der Waals surface area contributed by atoms with E-state index in [-0.39, 0.29) is 11.6 Å². The first kappa shape index (κ1) is 24.3. The molecule has 0 aliphatic heterocycles. The van der Waals surface area contributed by atoms with Gasteiger partial charge in [-0.25, -0.2) is 4.39 Å². The van der Waals surface area contributed by atoms with Gasteiger partial charge in [-0.05, 0) is 67.6 Å². The van der Waals surface area contributed by atoms with Crippen molar-refractivity contribution in [3.05, 3.63) is 52.8 Å². The lowest BCUT2D eigenvalue weighted by Crippen LogP contribution is -2.13. The van der Waals surface area contributed by atoms with Crippen LogP contribution in [0.5, 0.6) is 5.75 Å². The van der Waals surface area contributed by atoms with E-state index in [2.05, 4.69) is 26.0 Å². The predicted octanol–water partition coefficient (Wildman–Crippen LogP) is 8.57. The minimum absolute atomic E-state index is 0.250. The number of unbranched alkanes of at least 4 members (excludes halogenated alkanes) is 3. The maximum absolute atomic E-state index is 15.2. The van der Waals surface area contributed by atoms with Crippen LogP contribution in [0.2, 0.25) is 0 Å². The van der Waals surface area contributed by atoms with Crippen LogP contribution in [0.1, 0.15) is 101 Å². The van der Waals surface area contributed by atoms with Crippen molar-refractivity contribution in [1.82, 2.24) is 0 Å². The molecule has 1 aliphatic carbocycles. The van der Waals surface area contributed by atoms with Gasteiger partial charge in [-0.15, -0.1) is 0 Å². The fourth-order valence-electron chi connectivity index (χ4n) is 5.19. The summed E-state index contributed by atoms with van der Waals surface area (Å²) < 4.78 is 20.7. The van der Waals surface area contributed by atoms with Crippen LogP contribution < -0.4 is 4.74 Å². The maximum atomic E-state index is 15.2. The summed E-state index contributed by atoms with van der Waals surface area (Å²) in [4.78, 5) is 0. The number of hydrogen-bond donors (Lipinski definition) is 0. The molecule has 3 rings (SSSR count). The summed E-state index contributed by atoms with van der Waals surface area (Å²) in [5.74, 6) is 1.34. The molecule has 0 bridgehead atoms. The lowest BCUT2D eigenvalue weighted by atomic mass is 9.76. The zero-order valence-electron chi connectivity index (χ0n) is 20.1. The maximum Gasteiger partial charge on any atom is 0.168 e. The normalized spacial score (nSPS) is 18.3. The lowest BCUT2D eigenvalue weighted by molar-refractivity contribution is 0.304. The molecule has 0 unspecified atom stereocenters. The molecule has 1 saturated carbocycles. The van der Waals surface area contributed by atoms with Crippen LogP contribution in [0.15, 0.2) is 30.3 Å². The number of nitriles is 1. The quantitative estimate of drug-likeness (QED) is 0.350. The van der Waals surface area contributed by atoms with Crippen molar-refractivity contribution < 1.29 is 9.13 Å². The van der Waals surface area contributed by atoms with Crippen LogP contribution in [-0.4, -0.2) is 7.11 Å². The van der Waals surface area contributed by atoms with Crippen molar-refractivity contribution in [2.75, 3.05) is 7.11 Å². The second-order valence-electron chi connectivity index (χ2n) is 9.35. The highest BCUT2D eigenvalue weighted by Crippen LogP contribution is 2.41. The topological polar surface area (TPSA) is 33.0 Å². The average Bonchev–Trinajstić information content (AvgIpc) is 2.83. The van der Waals surface area contributed by atoms with Crippen LogP contribution in [0.3, 0.4) is 0 Å². The van der Waals surface area contributed by atoms with Gasteiger partial charge in [0, 0.05) is 11.1 Å². The van der Waals surface area contributed by atoms with Crippen molar-refractivity contribution in [1.29, 1.82) is 5.26 Å². The zero-order valence-corrected chi connectivity index (χ0v) is 20.1. The Morgan fingerprint density at radius 1 is 0.969 bits per heavy atom. The van der Waals surface area contributed by atoms with E-state index in [0.717, 1.165) is 30.7 Å². The highest BCUT2D eigenvalue weighted by molar-refractivity contribution is 5.77. The Kier molecular flexibility index (Phi) is 9.15. The molecule has 0 N–H and O–H groups in total. The summed E-state index contributed by atoms with van der Waals surface area (Å²) in [6.45, 7) is 4.41. The van der Waals surface area contributed by atoms with Gasteiger partial charge in [0.25, 0.3) is 0 Å². The Morgan fingerprint density at radius 2 is 1.69 bits per heavy atom. The van der Waals surface area contributed by atoms with Gasteiger partial charge in [-0.3, -0.25) is 0 Å². The van der Waals surface area contributed by atoms with Crippen LogP contribution in [0, 0.1) is 23.1 Å². The Morgan fingerprint density at radius 3 is 2.34 bits per heavy atom. The highest BCUT2D eigenvalue weighted by Gasteiger charge is 2.24. The third kappa shape index (κ3) is 5.71. The molecule has 2 aromatic rings. The molecule has 1 fully saturated rings. The van der Waals surface area contributed by atoms with Crippen LogP contribution >= 0.6 is 0 Å². The Bertz CT molecular complexity index is 921. The van der Waals surface area contributed by atoms with Crippen LogP contribution in [-0.2, 0) is 6.42 Å². The third-order valence-electron chi connectivity index (χ3n) is 7.17. The third-order valence-corrected chi connectivity index (χ3v) is 7.17. The number of benzene rings is 2. The van der Waals surface area contributed by atoms with Gasteiger partial charge in [0.2, 0.25) is 0 Å². The molecule has 0 heterocycles. The first-order chi connectivity index (χ1) is 15.6. The number of hydrogen-bond acceptors (Lipinski definition) is 2. The van der Waals surface area contributed by atoms with E-state index in [1.807, 2.05) is 24.3 Å². The van der Waals surface area contributed by atoms with Gasteiger partial charge in [-0.2, -0.15) is 5.26 Å². The van der Waals surface area contributed by atoms with Gasteiger partial charge in [0.1, 0.15) is 0 Å². The monoisotopic (exact) mass is 435 g/mol. The van der Waals surface area contributed by atoms with E-state index < -0.39 is 0 Å². The van der Waals surface area contributed by atoms with Gasteiger partial charge >= 0.3 is 0 Å². The summed E-state index contributed by atoms with van der Waals surface area (Å²) in [7, 11) is 1.51. The highest BCUT2D eigenvalue weighted by atomic mass is 19.1. The second kappa shape index (κ2) is 12.0. The van der Waals surface area contributed by atoms with Gasteiger partial charge in [0.05, 0.1) is 18.7 Å². The van der Waals surface area contributed by atoms with E-state index in [0.29, 0.717) is 29.0 Å². The Labute approximate surface area is 193 Å². The zero-order chi connectivity index (χ0) is 22.9. The number of methoxy groups -OCH3 is 1. The molecule has 1 aliphatic rings. The predicted molar refractivity (Wildman–Crippen MR) is 131 cm³/mol. The molecular weight excluding hydrogens is 397 g/mol. The molecule has 2 nitrogen and oxygen atoms in total. The molecule has 0 spiro atoms. The van der Waals surface area contributed by atoms with E-state index >= 15 is 4.39 Å². The number of halogens is 1. The first-order valence-electron chi connectivity index (χ1n) is 12.5. The molecular formula is C29H38FNO. The van der Waals surface area contributed by atoms with Crippen molar-refractivity contribution in [3.8, 4) is 22.9 Å². The van der Waals surface area contributed by atoms with Gasteiger partial charge in [-0.1, -0.05) is 70.2 Å². The molecule has 0 saturated heterocycles. The minimum Gasteiger partial charge on any atom is -0.493 e. The number of rotatable bonds is 10. The fourth-order valence-corrected chi connectivity index (χ4v) is 5.19. The SMILES string of the molecule is CCCCCc1ccc(-c2ccc(C3CCC(CCCC)CC3)cc2C#N)c(OC)c1F. The molecule has 2 aromatic carbocycles. The second-order valence-corrected chi connectivity index (χ2v) is 9.35. The van der Waals surface area contributed by atoms with Gasteiger partial charge < -0.3 is 4.74 Å². The van der Waals surface area contributed by atoms with Crippen LogP contribution in [0.25, 0.3) is 11.1 Å². The Balaban J connectivity index is 1.82. The Hall–Kier alpha value is -2.34. The summed E-state index contributed by atoms with van der Waals surface area (Å²) >= 11 is 0. The van der Waals surface area contributed by atoms with E-state index in [9.17, 15) is 5.26 Å². The molecule has 0 amide bonds. The number of nitrogens with zero attached hydrogens (tertiary/aromatic N) is 1. The average molecular weight is 436 g/mol. The van der Waals surface area contributed by atoms with E-state index in [1.54, 1.807) is 0 Å². The molecule has 172 valence electrons. The van der Waals surface area contributed by atoms with Crippen molar-refractivity contribution in [3.63, 3.8) is 0 Å². The minimum atomic E-state index is -0.292. The lowest BCUT2D eigenvalue weighted by Gasteiger charge is -2.29. The molecule has 3 heteroatoms. The largest absolute Gasteiger partial charge is 0.493 e. The number of ether oxygens (including phenoxy) is 1. The van der Waals surface area contributed by atoms with Crippen molar-refractivity contribution in [2.24, 2.45) is 5.92 Å². The molecule has 0 aromatic heterocycles. The first-order valence-corrected chi connectivity index (χ1v) is 12.5. The number of aryl methyl sites for hydroxylation is 1. The summed E-state index contributed by atoms with van der Waals surface area (Å²) in [5.41, 5.74) is 3.95. The molecule has 0 radical (unpaired) electrons. The fraction of sp³-hybridized carbons (Fsp3) is 0.552.